The number of rotatable bonds is 5. The third-order valence-corrected chi connectivity index (χ3v) is 2.78. The minimum atomic E-state index is -0.0860. The van der Waals surface area contributed by atoms with Crippen LogP contribution >= 0.6 is 11.8 Å². The number of allylic oxidation sites excluding steroid dienone is 3. The van der Waals surface area contributed by atoms with E-state index in [0.29, 0.717) is 7.18 Å². The Morgan fingerprint density at radius 2 is 1.77 bits per heavy atom. The molecule has 8 heteroatoms. The van der Waals surface area contributed by atoms with Crippen LogP contribution in [0.25, 0.3) is 16.9 Å². The Morgan fingerprint density at radius 3 is 2.30 bits per heavy atom. The third-order valence-electron chi connectivity index (χ3n) is 2.78. The van der Waals surface area contributed by atoms with E-state index >= 15 is 0 Å². The maximum atomic E-state index is 11.9. The summed E-state index contributed by atoms with van der Waals surface area (Å²) in [6.45, 7) is 11.4. The Labute approximate surface area is 207 Å². The average Bonchev–Trinajstić information content (AvgIpc) is 2.70. The number of anilines is 1. The molecule has 0 fully saturated rings. The normalized spacial score (nSPS) is 8.07. The van der Waals surface area contributed by atoms with Crippen LogP contribution in [0.2, 0.25) is 0 Å². The zero-order valence-corrected chi connectivity index (χ0v) is 23.0. The summed E-state index contributed by atoms with van der Waals surface area (Å²) in [7, 11) is 0.500. The maximum absolute atomic E-state index is 11.9. The van der Waals surface area contributed by atoms with Gasteiger partial charge in [0.25, 0.3) is 0 Å². The van der Waals surface area contributed by atoms with Crippen LogP contribution in [-0.2, 0) is 4.79 Å². The minimum absolute atomic E-state index is 0. The number of nitrogens with zero attached hydrogens (tertiary/aromatic N) is 1. The smallest absolute Gasteiger partial charge is 0.228 e. The van der Waals surface area contributed by atoms with Crippen LogP contribution in [0.4, 0.5) is 10.1 Å². The van der Waals surface area contributed by atoms with E-state index < -0.39 is 0 Å². The largest absolute Gasteiger partial charge is 0.693 e. The predicted octanol–water partition coefficient (Wildman–Crippen LogP) is 6.35. The second-order valence-electron chi connectivity index (χ2n) is 4.82. The molecular formula is C22H35FN3NpO2S-. The Morgan fingerprint density at radius 1 is 1.20 bits per heavy atom. The van der Waals surface area contributed by atoms with Gasteiger partial charge < -0.3 is 16.9 Å². The van der Waals surface area contributed by atoms with Gasteiger partial charge in [0.05, 0.1) is 13.6 Å². The SMILES string of the molecule is C=C/C=C\C(=C)CC(=O)Nc1ccc2cnccc2c1.CC.CF.CSC.O.[NH2-].[Np]. The van der Waals surface area contributed by atoms with Gasteiger partial charge in [0, 0.05) is 53.4 Å². The van der Waals surface area contributed by atoms with Crippen LogP contribution in [0.1, 0.15) is 20.3 Å². The van der Waals surface area contributed by atoms with Crippen molar-refractivity contribution < 1.29 is 44.6 Å². The standard InChI is InChI=1S/C17H16N2O.C2H6S.C2H6.CH3F.H2N.Np.H2O/c1-3-4-5-13(2)10-17(20)19-16-7-6-15-12-18-9-8-14(15)11-16;1-3-2;2*1-2;;;/h3-9,11-12H,1-2,10H2,(H,19,20);1-2H3;1-2H3;1H3;1H2;;1H2/q;;;;-1;;/b5-4-;;;;;;. The van der Waals surface area contributed by atoms with Crippen molar-refractivity contribution in [1.29, 1.82) is 0 Å². The number of pyridine rings is 1. The fraction of sp³-hybridized carbons (Fsp3) is 0.273. The van der Waals surface area contributed by atoms with Crippen LogP contribution in [0, 0.1) is 29.9 Å². The quantitative estimate of drug-likeness (QED) is 0.378. The number of hydrogen-bond acceptors (Lipinski definition) is 3. The molecule has 1 aromatic heterocycles. The molecule has 1 amide bonds. The monoisotopic (exact) mass is 660 g/mol. The van der Waals surface area contributed by atoms with Gasteiger partial charge in [0.2, 0.25) is 5.91 Å². The van der Waals surface area contributed by atoms with Gasteiger partial charge in [-0.15, -0.1) is 0 Å². The van der Waals surface area contributed by atoms with Crippen molar-refractivity contribution >= 4 is 34.1 Å². The fourth-order valence-corrected chi connectivity index (χ4v) is 1.84. The summed E-state index contributed by atoms with van der Waals surface area (Å²) in [5.74, 6) is -0.0860. The summed E-state index contributed by atoms with van der Waals surface area (Å²) >= 11 is 1.75. The number of halogens is 1. The van der Waals surface area contributed by atoms with Crippen molar-refractivity contribution in [2.75, 3.05) is 25.0 Å². The number of aromatic nitrogens is 1. The molecule has 0 atom stereocenters. The zero-order chi connectivity index (χ0) is 21.1. The number of fused-ring (bicyclic) bond motifs is 1. The second-order valence-corrected chi connectivity index (χ2v) is 5.64. The van der Waals surface area contributed by atoms with Crippen molar-refractivity contribution in [2.45, 2.75) is 20.3 Å². The number of nitrogens with one attached hydrogen (secondary N) is 1. The van der Waals surface area contributed by atoms with Crippen LogP contribution in [-0.4, -0.2) is 36.1 Å². The zero-order valence-electron chi connectivity index (χ0n) is 18.5. The molecule has 0 aliphatic rings. The number of hydrogen-bond donors (Lipinski definition) is 1. The molecule has 1 aromatic carbocycles. The molecule has 5 N–H and O–H groups in total. The summed E-state index contributed by atoms with van der Waals surface area (Å²) in [5.41, 5.74) is 1.52. The first-order valence-electron chi connectivity index (χ1n) is 8.49. The molecule has 0 bridgehead atoms. The predicted molar refractivity (Wildman–Crippen MR) is 130 cm³/mol. The first kappa shape index (κ1) is 39.1. The molecule has 0 saturated heterocycles. The van der Waals surface area contributed by atoms with Crippen LogP contribution in [0.3, 0.4) is 0 Å². The summed E-state index contributed by atoms with van der Waals surface area (Å²) in [5, 5.41) is 4.95. The number of thioether (sulfide) groups is 1. The molecule has 0 saturated carbocycles. The molecule has 5 nitrogen and oxygen atoms in total. The topological polar surface area (TPSA) is 107 Å². The van der Waals surface area contributed by atoms with Crippen molar-refractivity contribution in [3.05, 3.63) is 79.8 Å². The molecule has 0 unspecified atom stereocenters. The van der Waals surface area contributed by atoms with E-state index in [4.69, 9.17) is 0 Å². The first-order chi connectivity index (χ1) is 13.1. The Hall–Kier alpha value is -1.47. The van der Waals surface area contributed by atoms with Crippen molar-refractivity contribution in [2.24, 2.45) is 0 Å². The van der Waals surface area contributed by atoms with Gasteiger partial charge in [-0.2, -0.15) is 11.8 Å². The van der Waals surface area contributed by atoms with E-state index in [2.05, 4.69) is 23.5 Å². The fourth-order valence-electron chi connectivity index (χ4n) is 1.84. The molecule has 2 rings (SSSR count). The molecule has 0 aliphatic heterocycles. The average molecular weight is 662 g/mol. The van der Waals surface area contributed by atoms with Gasteiger partial charge in [0.1, 0.15) is 0 Å². The Balaban J connectivity index is -0.000000187. The van der Waals surface area contributed by atoms with Crippen LogP contribution in [0.15, 0.2) is 73.6 Å². The summed E-state index contributed by atoms with van der Waals surface area (Å²) in [6.07, 6.45) is 13.1. The van der Waals surface area contributed by atoms with Gasteiger partial charge in [-0.1, -0.05) is 51.3 Å². The van der Waals surface area contributed by atoms with E-state index in [1.807, 2.05) is 50.6 Å². The summed E-state index contributed by atoms with van der Waals surface area (Å²) < 4.78 is 9.50. The van der Waals surface area contributed by atoms with E-state index in [1.54, 1.807) is 42.4 Å². The first-order valence-corrected chi connectivity index (χ1v) is 10.1. The van der Waals surface area contributed by atoms with E-state index in [-0.39, 0.29) is 53.9 Å². The van der Waals surface area contributed by atoms with Gasteiger partial charge >= 0.3 is 0 Å². The van der Waals surface area contributed by atoms with Gasteiger partial charge in [-0.25, -0.2) is 0 Å². The molecule has 1 radical (unpaired) electrons. The van der Waals surface area contributed by atoms with Gasteiger partial charge in [-0.3, -0.25) is 14.2 Å². The van der Waals surface area contributed by atoms with Crippen molar-refractivity contribution in [3.63, 3.8) is 0 Å². The molecule has 1 heterocycles. The van der Waals surface area contributed by atoms with Crippen molar-refractivity contribution in [3.8, 4) is 0 Å². The molecule has 169 valence electrons. The van der Waals surface area contributed by atoms with Gasteiger partial charge in [0.15, 0.2) is 0 Å². The molecule has 30 heavy (non-hydrogen) atoms. The minimum Gasteiger partial charge on any atom is -0.693 e. The Kier molecular flexibility index (Phi) is 35.8. The van der Waals surface area contributed by atoms with Crippen molar-refractivity contribution in [1.82, 2.24) is 4.98 Å². The molecule has 2 aromatic rings. The number of amides is 1. The third kappa shape index (κ3) is 18.6. The molecule has 0 spiro atoms. The molecule has 0 aliphatic carbocycles. The number of carbonyl (C=O) groups excluding carboxylic acids is 1. The van der Waals surface area contributed by atoms with Crippen LogP contribution < -0.4 is 5.32 Å². The number of benzene rings is 1. The van der Waals surface area contributed by atoms with Gasteiger partial charge in [-0.05, 0) is 41.7 Å². The van der Waals surface area contributed by atoms with E-state index in [0.717, 1.165) is 22.0 Å². The van der Waals surface area contributed by atoms with Crippen LogP contribution in [0.5, 0.6) is 0 Å². The number of nitrogens with two attached hydrogens (primary N) is 1. The summed E-state index contributed by atoms with van der Waals surface area (Å²) in [6, 6.07) is 7.64. The molecular weight excluding hydrogens is 626 g/mol. The van der Waals surface area contributed by atoms with E-state index in [1.165, 1.54) is 0 Å². The number of carbonyl (C=O) groups is 1. The Bertz CT molecular complexity index is 728. The maximum Gasteiger partial charge on any atom is 0.228 e. The summed E-state index contributed by atoms with van der Waals surface area (Å²) in [4.78, 5) is 15.9. The second kappa shape index (κ2) is 27.5. The van der Waals surface area contributed by atoms with E-state index in [9.17, 15) is 9.18 Å². The number of alkyl halides is 1.